The lowest BCUT2D eigenvalue weighted by Crippen LogP contribution is -2.38. The molecule has 1 aliphatic heterocycles. The number of hydrogen-bond donors (Lipinski definition) is 2. The van der Waals surface area contributed by atoms with Crippen molar-refractivity contribution in [2.75, 3.05) is 20.1 Å². The normalized spacial score (nSPS) is 14.6. The van der Waals surface area contributed by atoms with Crippen molar-refractivity contribution in [2.45, 2.75) is 38.6 Å². The lowest BCUT2D eigenvalue weighted by molar-refractivity contribution is 0.600. The van der Waals surface area contributed by atoms with Crippen molar-refractivity contribution >= 4 is 29.9 Å². The fraction of sp³-hybridized carbons (Fsp3) is 0.643. The van der Waals surface area contributed by atoms with Crippen LogP contribution in [0.2, 0.25) is 0 Å². The van der Waals surface area contributed by atoms with Gasteiger partial charge in [0.1, 0.15) is 11.6 Å². The predicted molar refractivity (Wildman–Crippen MR) is 96.3 cm³/mol. The minimum absolute atomic E-state index is 0. The van der Waals surface area contributed by atoms with Crippen LogP contribution in [-0.4, -0.2) is 40.9 Å². The molecule has 2 heterocycles. The summed E-state index contributed by atoms with van der Waals surface area (Å²) in [6, 6.07) is 0. The summed E-state index contributed by atoms with van der Waals surface area (Å²) in [5.74, 6) is 3.01. The zero-order valence-electron chi connectivity index (χ0n) is 12.6. The maximum atomic E-state index is 4.32. The van der Waals surface area contributed by atoms with Crippen LogP contribution >= 0.6 is 24.0 Å². The molecule has 0 bridgehead atoms. The van der Waals surface area contributed by atoms with Gasteiger partial charge < -0.3 is 15.2 Å². The Bertz CT molecular complexity index is 468. The summed E-state index contributed by atoms with van der Waals surface area (Å²) in [4.78, 5) is 4.15. The van der Waals surface area contributed by atoms with Crippen LogP contribution in [0.5, 0.6) is 0 Å². The Morgan fingerprint density at radius 3 is 2.95 bits per heavy atom. The molecule has 0 radical (unpaired) electrons. The van der Waals surface area contributed by atoms with Gasteiger partial charge in [0.15, 0.2) is 5.96 Å². The molecule has 0 unspecified atom stereocenters. The van der Waals surface area contributed by atoms with Crippen molar-refractivity contribution in [2.24, 2.45) is 4.99 Å². The summed E-state index contributed by atoms with van der Waals surface area (Å²) in [5, 5.41) is 15.1. The fourth-order valence-electron chi connectivity index (χ4n) is 2.41. The first kappa shape index (κ1) is 17.9. The van der Waals surface area contributed by atoms with Crippen molar-refractivity contribution in [1.82, 2.24) is 25.4 Å². The first-order valence-electron chi connectivity index (χ1n) is 7.31. The van der Waals surface area contributed by atoms with Crippen LogP contribution in [0.3, 0.4) is 0 Å². The van der Waals surface area contributed by atoms with E-state index >= 15 is 0 Å². The highest BCUT2D eigenvalue weighted by molar-refractivity contribution is 14.0. The summed E-state index contributed by atoms with van der Waals surface area (Å²) >= 11 is 0. The quantitative estimate of drug-likeness (QED) is 0.338. The topological polar surface area (TPSA) is 67.1 Å². The average Bonchev–Trinajstić information content (AvgIpc) is 2.70. The molecule has 1 aromatic rings. The summed E-state index contributed by atoms with van der Waals surface area (Å²) in [5.41, 5.74) is 0. The molecule has 6 nitrogen and oxygen atoms in total. The van der Waals surface area contributed by atoms with Crippen LogP contribution < -0.4 is 10.6 Å². The predicted octanol–water partition coefficient (Wildman–Crippen LogP) is 1.52. The van der Waals surface area contributed by atoms with Crippen LogP contribution in [0.1, 0.15) is 30.9 Å². The molecule has 0 aliphatic carbocycles. The molecular weight excluding hydrogens is 379 g/mol. The third-order valence-electron chi connectivity index (χ3n) is 3.46. The van der Waals surface area contributed by atoms with Crippen LogP contribution in [0, 0.1) is 0 Å². The van der Waals surface area contributed by atoms with E-state index in [2.05, 4.69) is 37.0 Å². The summed E-state index contributed by atoms with van der Waals surface area (Å²) in [6.07, 6.45) is 7.48. The van der Waals surface area contributed by atoms with E-state index in [1.165, 1.54) is 19.3 Å². The largest absolute Gasteiger partial charge is 0.356 e. The minimum Gasteiger partial charge on any atom is -0.356 e. The molecule has 1 aromatic heterocycles. The third kappa shape index (κ3) is 5.29. The van der Waals surface area contributed by atoms with Gasteiger partial charge in [-0.3, -0.25) is 4.99 Å². The number of nitrogens with one attached hydrogen (secondary N) is 2. The van der Waals surface area contributed by atoms with Gasteiger partial charge in [-0.15, -0.1) is 40.8 Å². The molecular formula is C14H25IN6. The van der Waals surface area contributed by atoms with Gasteiger partial charge in [-0.05, 0) is 12.8 Å². The van der Waals surface area contributed by atoms with E-state index < -0.39 is 0 Å². The molecule has 0 amide bonds. The molecule has 0 spiro atoms. The summed E-state index contributed by atoms with van der Waals surface area (Å²) in [6.45, 7) is 6.24. The number of aromatic nitrogens is 3. The molecule has 7 heteroatoms. The second kappa shape index (κ2) is 9.75. The zero-order chi connectivity index (χ0) is 14.2. The Morgan fingerprint density at radius 2 is 2.19 bits per heavy atom. The molecule has 0 atom stereocenters. The van der Waals surface area contributed by atoms with Crippen molar-refractivity contribution < 1.29 is 0 Å². The van der Waals surface area contributed by atoms with Gasteiger partial charge in [0.25, 0.3) is 0 Å². The lowest BCUT2D eigenvalue weighted by atomic mass is 10.2. The first-order valence-corrected chi connectivity index (χ1v) is 7.31. The molecule has 21 heavy (non-hydrogen) atoms. The van der Waals surface area contributed by atoms with Crippen LogP contribution in [0.4, 0.5) is 0 Å². The van der Waals surface area contributed by atoms with Crippen molar-refractivity contribution in [3.63, 3.8) is 0 Å². The average molecular weight is 404 g/mol. The smallest absolute Gasteiger partial charge is 0.191 e. The highest BCUT2D eigenvalue weighted by Gasteiger charge is 2.14. The Kier molecular flexibility index (Phi) is 8.33. The van der Waals surface area contributed by atoms with E-state index in [0.717, 1.165) is 43.5 Å². The van der Waals surface area contributed by atoms with Gasteiger partial charge >= 0.3 is 0 Å². The number of halogens is 1. The maximum Gasteiger partial charge on any atom is 0.191 e. The first-order chi connectivity index (χ1) is 9.85. The number of fused-ring (bicyclic) bond motifs is 1. The lowest BCUT2D eigenvalue weighted by Gasteiger charge is -2.11. The zero-order valence-corrected chi connectivity index (χ0v) is 15.0. The molecule has 0 fully saturated rings. The van der Waals surface area contributed by atoms with Gasteiger partial charge in [0, 0.05) is 39.5 Å². The number of hydrogen-bond acceptors (Lipinski definition) is 3. The van der Waals surface area contributed by atoms with E-state index in [9.17, 15) is 0 Å². The molecule has 0 saturated heterocycles. The van der Waals surface area contributed by atoms with E-state index in [-0.39, 0.29) is 24.0 Å². The number of rotatable bonds is 5. The summed E-state index contributed by atoms with van der Waals surface area (Å²) < 4.78 is 2.29. The SMILES string of the molecule is C=CCNC(=NC)NCCc1nnc2n1CCCCC2.I. The summed E-state index contributed by atoms with van der Waals surface area (Å²) in [7, 11) is 1.77. The van der Waals surface area contributed by atoms with Crippen molar-refractivity contribution in [1.29, 1.82) is 0 Å². The monoisotopic (exact) mass is 404 g/mol. The van der Waals surface area contributed by atoms with E-state index in [0.29, 0.717) is 6.54 Å². The Balaban J connectivity index is 0.00000220. The molecule has 2 N–H and O–H groups in total. The van der Waals surface area contributed by atoms with E-state index in [1.54, 1.807) is 7.05 Å². The van der Waals surface area contributed by atoms with Crippen molar-refractivity contribution in [3.05, 3.63) is 24.3 Å². The van der Waals surface area contributed by atoms with Gasteiger partial charge in [-0.2, -0.15) is 0 Å². The number of guanidine groups is 1. The van der Waals surface area contributed by atoms with Crippen LogP contribution in [0.15, 0.2) is 17.6 Å². The Labute approximate surface area is 143 Å². The van der Waals surface area contributed by atoms with Gasteiger partial charge in [0.05, 0.1) is 0 Å². The fourth-order valence-corrected chi connectivity index (χ4v) is 2.41. The highest BCUT2D eigenvalue weighted by atomic mass is 127. The van der Waals surface area contributed by atoms with Crippen molar-refractivity contribution in [3.8, 4) is 0 Å². The number of aryl methyl sites for hydroxylation is 1. The Morgan fingerprint density at radius 1 is 1.33 bits per heavy atom. The van der Waals surface area contributed by atoms with E-state index in [4.69, 9.17) is 0 Å². The molecule has 118 valence electrons. The molecule has 0 aromatic carbocycles. The van der Waals surface area contributed by atoms with Gasteiger partial charge in [-0.1, -0.05) is 12.5 Å². The number of nitrogens with zero attached hydrogens (tertiary/aromatic N) is 4. The third-order valence-corrected chi connectivity index (χ3v) is 3.46. The Hall–Kier alpha value is -1.12. The minimum atomic E-state index is 0. The molecule has 2 rings (SSSR count). The standard InChI is InChI=1S/C14H24N6.HI/c1-3-9-16-14(15-2)17-10-8-13-19-18-12-7-5-4-6-11-20(12)13;/h3H,1,4-11H2,2H3,(H2,15,16,17);1H. The van der Waals surface area contributed by atoms with Crippen LogP contribution in [0.25, 0.3) is 0 Å². The number of aliphatic imine (C=N–C) groups is 1. The molecule has 0 saturated carbocycles. The highest BCUT2D eigenvalue weighted by Crippen LogP contribution is 2.14. The van der Waals surface area contributed by atoms with Crippen LogP contribution in [-0.2, 0) is 19.4 Å². The molecule has 1 aliphatic rings. The van der Waals surface area contributed by atoms with E-state index in [1.807, 2.05) is 6.08 Å². The second-order valence-electron chi connectivity index (χ2n) is 4.91. The maximum absolute atomic E-state index is 4.32. The van der Waals surface area contributed by atoms with Gasteiger partial charge in [-0.25, -0.2) is 0 Å². The second-order valence-corrected chi connectivity index (χ2v) is 4.91. The van der Waals surface area contributed by atoms with Gasteiger partial charge in [0.2, 0.25) is 0 Å².